The van der Waals surface area contributed by atoms with Gasteiger partial charge in [-0.1, -0.05) is 0 Å². The zero-order valence-electron chi connectivity index (χ0n) is 15.9. The van der Waals surface area contributed by atoms with Crippen LogP contribution in [0.5, 0.6) is 5.75 Å². The molecule has 2 N–H and O–H groups in total. The van der Waals surface area contributed by atoms with Gasteiger partial charge >= 0.3 is 0 Å². The van der Waals surface area contributed by atoms with Gasteiger partial charge in [0, 0.05) is 41.6 Å². The molecule has 8 heteroatoms. The van der Waals surface area contributed by atoms with Crippen molar-refractivity contribution in [2.24, 2.45) is 13.0 Å². The van der Waals surface area contributed by atoms with Crippen molar-refractivity contribution in [1.29, 1.82) is 0 Å². The molecular weight excluding hydrogens is 378 g/mol. The molecule has 1 saturated carbocycles. The van der Waals surface area contributed by atoms with E-state index in [0.29, 0.717) is 29.5 Å². The van der Waals surface area contributed by atoms with E-state index in [1.54, 1.807) is 44.6 Å². The number of sulfonamides is 1. The fourth-order valence-corrected chi connectivity index (χ4v) is 3.79. The van der Waals surface area contributed by atoms with Gasteiger partial charge in [0.05, 0.1) is 12.4 Å². The monoisotopic (exact) mass is 401 g/mol. The van der Waals surface area contributed by atoms with Crippen LogP contribution in [0.4, 0.5) is 5.69 Å². The highest BCUT2D eigenvalue weighted by Crippen LogP contribution is 2.38. The van der Waals surface area contributed by atoms with Gasteiger partial charge in [0.15, 0.2) is 0 Å². The highest BCUT2D eigenvalue weighted by molar-refractivity contribution is 7.92. The van der Waals surface area contributed by atoms with Gasteiger partial charge in [-0.2, -0.15) is 0 Å². The van der Waals surface area contributed by atoms with Gasteiger partial charge in [-0.15, -0.1) is 0 Å². The lowest BCUT2D eigenvalue weighted by molar-refractivity contribution is 0.301. The second-order valence-electron chi connectivity index (χ2n) is 7.20. The number of H-pyrrole nitrogens is 1. The number of benzene rings is 1. The summed E-state index contributed by atoms with van der Waals surface area (Å²) < 4.78 is 34.2. The Balaban J connectivity index is 1.86. The Labute approximate surface area is 163 Å². The lowest BCUT2D eigenvalue weighted by atomic mass is 10.0. The quantitative estimate of drug-likeness (QED) is 0.636. The van der Waals surface area contributed by atoms with Crippen molar-refractivity contribution < 1.29 is 13.2 Å². The SMILES string of the molecule is CCS(=O)(=O)Nc1ccc(OCC2CC2)c(-c2cn(C)c(=O)c3[nH]ccc23)c1. The molecule has 1 aliphatic rings. The predicted molar refractivity (Wildman–Crippen MR) is 110 cm³/mol. The average Bonchev–Trinajstić information content (AvgIpc) is 3.37. The standard InChI is InChI=1S/C20H23N3O4S/c1-3-28(25,26)22-14-6-7-18(27-12-13-4-5-13)16(10-14)17-11-23(2)20(24)19-15(17)8-9-21-19/h6-11,13,21-22H,3-5,12H2,1-2H3. The molecule has 7 nitrogen and oxygen atoms in total. The fraction of sp³-hybridized carbons (Fsp3) is 0.350. The van der Waals surface area contributed by atoms with Crippen molar-refractivity contribution in [1.82, 2.24) is 9.55 Å². The second kappa shape index (κ2) is 7.01. The molecule has 3 aromatic rings. The minimum atomic E-state index is -3.40. The number of aromatic nitrogens is 2. The molecule has 1 aliphatic carbocycles. The lowest BCUT2D eigenvalue weighted by Gasteiger charge is -2.16. The number of nitrogens with one attached hydrogen (secondary N) is 2. The maximum Gasteiger partial charge on any atom is 0.274 e. The lowest BCUT2D eigenvalue weighted by Crippen LogP contribution is -2.17. The minimum absolute atomic E-state index is 0.00976. The van der Waals surface area contributed by atoms with E-state index in [-0.39, 0.29) is 11.3 Å². The number of aromatic amines is 1. The Morgan fingerprint density at radius 2 is 2.04 bits per heavy atom. The molecule has 28 heavy (non-hydrogen) atoms. The Kier molecular flexibility index (Phi) is 4.66. The van der Waals surface area contributed by atoms with Crippen LogP contribution in [0, 0.1) is 5.92 Å². The van der Waals surface area contributed by atoms with Crippen LogP contribution in [0.1, 0.15) is 19.8 Å². The van der Waals surface area contributed by atoms with E-state index >= 15 is 0 Å². The van der Waals surface area contributed by atoms with Crippen LogP contribution < -0.4 is 15.0 Å². The maximum atomic E-state index is 12.4. The summed E-state index contributed by atoms with van der Waals surface area (Å²) in [5.41, 5.74) is 2.41. The molecule has 1 aromatic carbocycles. The van der Waals surface area contributed by atoms with Gasteiger partial charge < -0.3 is 14.3 Å². The number of hydrogen-bond acceptors (Lipinski definition) is 4. The number of rotatable bonds is 7. The van der Waals surface area contributed by atoms with Gasteiger partial charge in [-0.05, 0) is 49.9 Å². The third-order valence-corrected chi connectivity index (χ3v) is 6.30. The number of ether oxygens (including phenoxy) is 1. The van der Waals surface area contributed by atoms with Gasteiger partial charge in [0.25, 0.3) is 5.56 Å². The zero-order chi connectivity index (χ0) is 19.9. The fourth-order valence-electron chi connectivity index (χ4n) is 3.16. The molecular formula is C20H23N3O4S. The van der Waals surface area contributed by atoms with Crippen molar-refractivity contribution in [3.8, 4) is 16.9 Å². The van der Waals surface area contributed by atoms with Crippen molar-refractivity contribution in [2.45, 2.75) is 19.8 Å². The van der Waals surface area contributed by atoms with Gasteiger partial charge in [-0.25, -0.2) is 8.42 Å². The van der Waals surface area contributed by atoms with Gasteiger partial charge in [0.2, 0.25) is 10.0 Å². The third-order valence-electron chi connectivity index (χ3n) is 4.99. The first-order chi connectivity index (χ1) is 13.4. The van der Waals surface area contributed by atoms with Crippen LogP contribution >= 0.6 is 0 Å². The number of nitrogens with zero attached hydrogens (tertiary/aromatic N) is 1. The van der Waals surface area contributed by atoms with Crippen molar-refractivity contribution in [2.75, 3.05) is 17.1 Å². The summed E-state index contributed by atoms with van der Waals surface area (Å²) in [6.07, 6.45) is 5.83. The number of fused-ring (bicyclic) bond motifs is 1. The van der Waals surface area contributed by atoms with E-state index in [4.69, 9.17) is 4.74 Å². The summed E-state index contributed by atoms with van der Waals surface area (Å²) in [7, 11) is -1.70. The van der Waals surface area contributed by atoms with E-state index < -0.39 is 10.0 Å². The van der Waals surface area contributed by atoms with Crippen molar-refractivity contribution in [3.63, 3.8) is 0 Å². The summed E-state index contributed by atoms with van der Waals surface area (Å²) >= 11 is 0. The third kappa shape index (κ3) is 3.64. The van der Waals surface area contributed by atoms with Crippen LogP contribution in [0.25, 0.3) is 22.0 Å². The normalized spacial score (nSPS) is 14.4. The number of pyridine rings is 1. The second-order valence-corrected chi connectivity index (χ2v) is 9.21. The molecule has 0 atom stereocenters. The summed E-state index contributed by atoms with van der Waals surface area (Å²) in [5, 5.41) is 0.773. The average molecular weight is 401 g/mol. The smallest absolute Gasteiger partial charge is 0.274 e. The molecule has 4 rings (SSSR count). The molecule has 0 amide bonds. The van der Waals surface area contributed by atoms with E-state index in [9.17, 15) is 13.2 Å². The maximum absolute atomic E-state index is 12.4. The van der Waals surface area contributed by atoms with Crippen LogP contribution in [-0.4, -0.2) is 30.3 Å². The molecule has 2 heterocycles. The van der Waals surface area contributed by atoms with Crippen LogP contribution in [0.15, 0.2) is 41.5 Å². The Hall–Kier alpha value is -2.74. The molecule has 0 radical (unpaired) electrons. The van der Waals surface area contributed by atoms with Gasteiger partial charge in [-0.3, -0.25) is 9.52 Å². The Morgan fingerprint density at radius 3 is 2.75 bits per heavy atom. The molecule has 1 fully saturated rings. The predicted octanol–water partition coefficient (Wildman–Crippen LogP) is 3.08. The summed E-state index contributed by atoms with van der Waals surface area (Å²) in [6, 6.07) is 7.10. The van der Waals surface area contributed by atoms with E-state index in [1.807, 2.05) is 6.07 Å². The van der Waals surface area contributed by atoms with Crippen LogP contribution in [0.2, 0.25) is 0 Å². The highest BCUT2D eigenvalue weighted by Gasteiger charge is 2.23. The molecule has 0 bridgehead atoms. The topological polar surface area (TPSA) is 93.2 Å². The molecule has 0 unspecified atom stereocenters. The largest absolute Gasteiger partial charge is 0.493 e. The number of aryl methyl sites for hydroxylation is 1. The molecule has 0 saturated heterocycles. The summed E-state index contributed by atoms with van der Waals surface area (Å²) in [4.78, 5) is 15.4. The van der Waals surface area contributed by atoms with Crippen LogP contribution in [-0.2, 0) is 17.1 Å². The molecule has 0 aliphatic heterocycles. The Morgan fingerprint density at radius 1 is 1.25 bits per heavy atom. The first-order valence-corrected chi connectivity index (χ1v) is 11.0. The first kappa shape index (κ1) is 18.6. The Bertz CT molecular complexity index is 1190. The van der Waals surface area contributed by atoms with E-state index in [0.717, 1.165) is 16.5 Å². The molecule has 0 spiro atoms. The van der Waals surface area contributed by atoms with Gasteiger partial charge in [0.1, 0.15) is 11.3 Å². The first-order valence-electron chi connectivity index (χ1n) is 9.32. The number of anilines is 1. The van der Waals surface area contributed by atoms with E-state index in [1.165, 1.54) is 17.4 Å². The van der Waals surface area contributed by atoms with E-state index in [2.05, 4.69) is 9.71 Å². The minimum Gasteiger partial charge on any atom is -0.493 e. The molecule has 148 valence electrons. The zero-order valence-corrected chi connectivity index (χ0v) is 16.7. The van der Waals surface area contributed by atoms with Crippen LogP contribution in [0.3, 0.4) is 0 Å². The number of hydrogen-bond donors (Lipinski definition) is 2. The molecule has 2 aromatic heterocycles. The summed E-state index contributed by atoms with van der Waals surface area (Å²) in [6.45, 7) is 2.22. The van der Waals surface area contributed by atoms with Crippen molar-refractivity contribution >= 4 is 26.6 Å². The van der Waals surface area contributed by atoms with Crippen molar-refractivity contribution in [3.05, 3.63) is 47.0 Å². The highest BCUT2D eigenvalue weighted by atomic mass is 32.2. The summed E-state index contributed by atoms with van der Waals surface area (Å²) in [5.74, 6) is 1.25.